The number of alkyl halides is 2. The lowest BCUT2D eigenvalue weighted by atomic mass is 10.1. The van der Waals surface area contributed by atoms with Crippen LogP contribution in [0.15, 0.2) is 22.6 Å². The maximum Gasteiger partial charge on any atom is 0.295 e. The van der Waals surface area contributed by atoms with Gasteiger partial charge in [0.15, 0.2) is 11.5 Å². The summed E-state index contributed by atoms with van der Waals surface area (Å²) in [5.74, 6) is -2.82. The molecule has 5 heteroatoms. The molecule has 0 amide bonds. The van der Waals surface area contributed by atoms with Gasteiger partial charge in [0.25, 0.3) is 5.92 Å². The van der Waals surface area contributed by atoms with Crippen molar-refractivity contribution >= 4 is 11.1 Å². The number of benzene rings is 1. The first-order valence-corrected chi connectivity index (χ1v) is 4.39. The summed E-state index contributed by atoms with van der Waals surface area (Å²) in [6.45, 7) is 0.426. The molecule has 1 heterocycles. The zero-order valence-corrected chi connectivity index (χ0v) is 8.00. The molecule has 0 saturated carbocycles. The zero-order chi connectivity index (χ0) is 11.1. The topological polar surface area (TPSA) is 46.3 Å². The molecule has 1 aromatic carbocycles. The van der Waals surface area contributed by atoms with Crippen LogP contribution in [0.4, 0.5) is 8.78 Å². The summed E-state index contributed by atoms with van der Waals surface area (Å²) in [7, 11) is 0. The molecule has 0 aliphatic rings. The van der Waals surface area contributed by atoms with Gasteiger partial charge in [-0.05, 0) is 12.1 Å². The predicted octanol–water partition coefficient (Wildman–Crippen LogP) is 2.22. The molecule has 0 bridgehead atoms. The van der Waals surface area contributed by atoms with Crippen LogP contribution in [0.5, 0.6) is 0 Å². The van der Waals surface area contributed by atoms with Crippen LogP contribution >= 0.6 is 0 Å². The molecule has 2 aromatic rings. The van der Waals surface area contributed by atoms with Gasteiger partial charge in [-0.1, -0.05) is 6.07 Å². The van der Waals surface area contributed by atoms with E-state index in [1.165, 1.54) is 18.2 Å². The molecule has 0 radical (unpaired) electrons. The highest BCUT2D eigenvalue weighted by Crippen LogP contribution is 2.29. The zero-order valence-electron chi connectivity index (χ0n) is 8.00. The molecular formula is C10H9F2NO2. The average molecular weight is 213 g/mol. The fourth-order valence-electron chi connectivity index (χ4n) is 1.36. The van der Waals surface area contributed by atoms with E-state index in [-0.39, 0.29) is 5.56 Å². The molecule has 1 N–H and O–H groups in total. The van der Waals surface area contributed by atoms with Crippen LogP contribution in [0.3, 0.4) is 0 Å². The largest absolute Gasteiger partial charge is 0.441 e. The molecule has 80 valence electrons. The maximum absolute atomic E-state index is 13.1. The van der Waals surface area contributed by atoms with Crippen molar-refractivity contribution in [3.8, 4) is 0 Å². The number of aromatic nitrogens is 1. The normalized spacial score (nSPS) is 12.3. The number of halogens is 2. The van der Waals surface area contributed by atoms with Gasteiger partial charge in [0.05, 0.1) is 0 Å². The number of aliphatic hydroxyl groups excluding tert-OH is 1. The first-order chi connectivity index (χ1) is 7.03. The number of aryl methyl sites for hydroxylation is 1. The molecule has 0 spiro atoms. The molecule has 2 rings (SSSR count). The Labute approximate surface area is 84.3 Å². The van der Waals surface area contributed by atoms with Crippen molar-refractivity contribution in [2.24, 2.45) is 0 Å². The molecule has 0 aliphatic carbocycles. The highest BCUT2D eigenvalue weighted by Gasteiger charge is 2.30. The lowest BCUT2D eigenvalue weighted by Crippen LogP contribution is -2.18. The smallest absolute Gasteiger partial charge is 0.295 e. The summed E-state index contributed by atoms with van der Waals surface area (Å²) < 4.78 is 31.3. The highest BCUT2D eigenvalue weighted by atomic mass is 19.3. The van der Waals surface area contributed by atoms with E-state index in [1.54, 1.807) is 6.92 Å². The fourth-order valence-corrected chi connectivity index (χ4v) is 1.36. The lowest BCUT2D eigenvalue weighted by Gasteiger charge is -2.12. The van der Waals surface area contributed by atoms with Crippen LogP contribution < -0.4 is 0 Å². The van der Waals surface area contributed by atoms with Gasteiger partial charge in [0, 0.05) is 12.5 Å². The number of hydrogen-bond acceptors (Lipinski definition) is 3. The van der Waals surface area contributed by atoms with Crippen LogP contribution in [0, 0.1) is 6.92 Å². The van der Waals surface area contributed by atoms with Crippen LogP contribution in [0.2, 0.25) is 0 Å². The van der Waals surface area contributed by atoms with E-state index in [1.807, 2.05) is 0 Å². The molecule has 0 atom stereocenters. The van der Waals surface area contributed by atoms with Gasteiger partial charge in [-0.2, -0.15) is 8.78 Å². The van der Waals surface area contributed by atoms with Gasteiger partial charge >= 0.3 is 0 Å². The molecule has 0 aliphatic heterocycles. The van der Waals surface area contributed by atoms with Crippen molar-refractivity contribution in [2.75, 3.05) is 6.61 Å². The second-order valence-electron chi connectivity index (χ2n) is 3.28. The summed E-state index contributed by atoms with van der Waals surface area (Å²) in [6.07, 6.45) is 0. The van der Waals surface area contributed by atoms with Gasteiger partial charge in [-0.3, -0.25) is 0 Å². The van der Waals surface area contributed by atoms with Crippen molar-refractivity contribution in [3.63, 3.8) is 0 Å². The first-order valence-electron chi connectivity index (χ1n) is 4.39. The van der Waals surface area contributed by atoms with Crippen molar-refractivity contribution in [1.82, 2.24) is 4.98 Å². The van der Waals surface area contributed by atoms with Gasteiger partial charge in [0.1, 0.15) is 12.1 Å². The van der Waals surface area contributed by atoms with Crippen molar-refractivity contribution in [1.29, 1.82) is 0 Å². The van der Waals surface area contributed by atoms with E-state index in [0.717, 1.165) is 0 Å². The minimum absolute atomic E-state index is 0.270. The van der Waals surface area contributed by atoms with Crippen LogP contribution in [-0.2, 0) is 5.92 Å². The quantitative estimate of drug-likeness (QED) is 0.831. The Bertz CT molecular complexity index is 493. The molecule has 3 nitrogen and oxygen atoms in total. The summed E-state index contributed by atoms with van der Waals surface area (Å²) in [5, 5.41) is 8.53. The second-order valence-corrected chi connectivity index (χ2v) is 3.28. The third-order valence-electron chi connectivity index (χ3n) is 2.12. The minimum atomic E-state index is -3.24. The van der Waals surface area contributed by atoms with Gasteiger partial charge < -0.3 is 9.52 Å². The summed E-state index contributed by atoms with van der Waals surface area (Å²) in [4.78, 5) is 3.99. The van der Waals surface area contributed by atoms with Crippen LogP contribution in [-0.4, -0.2) is 16.7 Å². The molecule has 15 heavy (non-hydrogen) atoms. The van der Waals surface area contributed by atoms with E-state index in [0.29, 0.717) is 17.0 Å². The monoisotopic (exact) mass is 213 g/mol. The Balaban J connectivity index is 2.55. The van der Waals surface area contributed by atoms with Gasteiger partial charge in [0.2, 0.25) is 0 Å². The van der Waals surface area contributed by atoms with E-state index in [4.69, 9.17) is 9.52 Å². The fraction of sp³-hybridized carbons (Fsp3) is 0.300. The van der Waals surface area contributed by atoms with Gasteiger partial charge in [-0.25, -0.2) is 4.98 Å². The molecule has 1 aromatic heterocycles. The molecule has 0 fully saturated rings. The van der Waals surface area contributed by atoms with E-state index in [9.17, 15) is 8.78 Å². The summed E-state index contributed by atoms with van der Waals surface area (Å²) in [5.41, 5.74) is 0.566. The van der Waals surface area contributed by atoms with Gasteiger partial charge in [-0.15, -0.1) is 0 Å². The average Bonchev–Trinajstić information content (AvgIpc) is 2.56. The van der Waals surface area contributed by atoms with E-state index < -0.39 is 12.5 Å². The Hall–Kier alpha value is -1.49. The van der Waals surface area contributed by atoms with Crippen molar-refractivity contribution < 1.29 is 18.3 Å². The minimum Gasteiger partial charge on any atom is -0.441 e. The summed E-state index contributed by atoms with van der Waals surface area (Å²) in [6, 6.07) is 3.89. The molecule has 0 unspecified atom stereocenters. The van der Waals surface area contributed by atoms with E-state index >= 15 is 0 Å². The van der Waals surface area contributed by atoms with E-state index in [2.05, 4.69) is 4.98 Å². The Kier molecular flexibility index (Phi) is 2.19. The highest BCUT2D eigenvalue weighted by molar-refractivity contribution is 5.73. The maximum atomic E-state index is 13.1. The van der Waals surface area contributed by atoms with Crippen LogP contribution in [0.1, 0.15) is 11.5 Å². The van der Waals surface area contributed by atoms with Crippen molar-refractivity contribution in [2.45, 2.75) is 12.8 Å². The predicted molar refractivity (Wildman–Crippen MR) is 49.7 cm³/mol. The second kappa shape index (κ2) is 3.27. The SMILES string of the molecule is Cc1nc2ccc(C(F)(F)CO)cc2o1. The molecular weight excluding hydrogens is 204 g/mol. The lowest BCUT2D eigenvalue weighted by molar-refractivity contribution is -0.0555. The third kappa shape index (κ3) is 1.70. The third-order valence-corrected chi connectivity index (χ3v) is 2.12. The standard InChI is InChI=1S/C10H9F2NO2/c1-6-13-8-3-2-7(4-9(8)15-6)10(11,12)5-14/h2-4,14H,5H2,1H3. The number of oxazole rings is 1. The Morgan fingerprint density at radius 3 is 2.87 bits per heavy atom. The van der Waals surface area contributed by atoms with Crippen molar-refractivity contribution in [3.05, 3.63) is 29.7 Å². The number of nitrogens with zero attached hydrogens (tertiary/aromatic N) is 1. The number of aliphatic hydroxyl groups is 1. The number of hydrogen-bond donors (Lipinski definition) is 1. The Morgan fingerprint density at radius 2 is 2.20 bits per heavy atom. The first kappa shape index (κ1) is 10.0. The number of fused-ring (bicyclic) bond motifs is 1. The van der Waals surface area contributed by atoms with Crippen LogP contribution in [0.25, 0.3) is 11.1 Å². The Morgan fingerprint density at radius 1 is 1.47 bits per heavy atom. The number of rotatable bonds is 2. The summed E-state index contributed by atoms with van der Waals surface area (Å²) >= 11 is 0. The molecule has 0 saturated heterocycles.